The fourth-order valence-corrected chi connectivity index (χ4v) is 2.84. The number of piperidine rings is 1. The predicted molar refractivity (Wildman–Crippen MR) is 87.7 cm³/mol. The molecule has 1 atom stereocenters. The normalized spacial score (nSPS) is 23.6. The highest BCUT2D eigenvalue weighted by atomic mass is 19.4. The first-order chi connectivity index (χ1) is 12.4. The first-order valence-electron chi connectivity index (χ1n) is 8.20. The lowest BCUT2D eigenvalue weighted by Crippen LogP contribution is -2.55. The number of ether oxygens (including phenoxy) is 2. The summed E-state index contributed by atoms with van der Waals surface area (Å²) in [4.78, 5) is 20.9. The van der Waals surface area contributed by atoms with Gasteiger partial charge in [0, 0.05) is 18.7 Å². The zero-order valence-corrected chi connectivity index (χ0v) is 14.1. The Morgan fingerprint density at radius 1 is 1.15 bits per heavy atom. The number of esters is 1. The molecule has 6 nitrogen and oxygen atoms in total. The third-order valence-electron chi connectivity index (χ3n) is 4.22. The van der Waals surface area contributed by atoms with Gasteiger partial charge in [0.05, 0.1) is 7.11 Å². The van der Waals surface area contributed by atoms with Gasteiger partial charge in [-0.15, -0.1) is 0 Å². The van der Waals surface area contributed by atoms with Crippen LogP contribution in [0.15, 0.2) is 40.3 Å². The molecule has 0 bridgehead atoms. The van der Waals surface area contributed by atoms with Crippen molar-refractivity contribution < 1.29 is 27.4 Å². The summed E-state index contributed by atoms with van der Waals surface area (Å²) in [7, 11) is 0.874. The molecule has 0 spiro atoms. The molecule has 2 aliphatic heterocycles. The number of hydrogen-bond acceptors (Lipinski definition) is 6. The number of amidine groups is 1. The second-order valence-electron chi connectivity index (χ2n) is 5.99. The molecule has 0 radical (unpaired) electrons. The Morgan fingerprint density at radius 3 is 2.38 bits per heavy atom. The van der Waals surface area contributed by atoms with Crippen LogP contribution in [0.1, 0.15) is 24.8 Å². The second kappa shape index (κ2) is 6.97. The highest BCUT2D eigenvalue weighted by Gasteiger charge is 2.65. The van der Waals surface area contributed by atoms with Gasteiger partial charge in [0.1, 0.15) is 0 Å². The molecule has 0 saturated carbocycles. The van der Waals surface area contributed by atoms with Crippen molar-refractivity contribution in [1.82, 2.24) is 4.90 Å². The average Bonchev–Trinajstić information content (AvgIpc) is 2.67. The first-order valence-corrected chi connectivity index (χ1v) is 8.20. The van der Waals surface area contributed by atoms with Crippen molar-refractivity contribution in [3.05, 3.63) is 35.9 Å². The summed E-state index contributed by atoms with van der Waals surface area (Å²) in [6.07, 6.45) is -2.50. The number of nitrogens with zero attached hydrogens (tertiary/aromatic N) is 3. The van der Waals surface area contributed by atoms with Crippen LogP contribution in [-0.2, 0) is 14.3 Å². The van der Waals surface area contributed by atoms with E-state index in [0.29, 0.717) is 18.7 Å². The molecule has 1 aromatic carbocycles. The van der Waals surface area contributed by atoms with Crippen molar-refractivity contribution in [1.29, 1.82) is 0 Å². The lowest BCUT2D eigenvalue weighted by Gasteiger charge is -2.35. The summed E-state index contributed by atoms with van der Waals surface area (Å²) in [5.74, 6) is -1.92. The van der Waals surface area contributed by atoms with Crippen LogP contribution < -0.4 is 0 Å². The molecule has 1 aromatic rings. The molecular formula is C17H18F3N3O3. The van der Waals surface area contributed by atoms with E-state index in [1.54, 1.807) is 35.2 Å². The standard InChI is InChI=1S/C17H18F3N3O3/c1-25-14(24)16(17(18,19)20)21-13(12-8-4-2-5-9-12)26-15(22-16)23-10-6-3-7-11-23/h2,4-5,8-9H,3,6-7,10-11H2,1H3/t16-/m0/s1. The average molecular weight is 369 g/mol. The highest BCUT2D eigenvalue weighted by molar-refractivity contribution is 6.05. The van der Waals surface area contributed by atoms with E-state index in [9.17, 15) is 18.0 Å². The summed E-state index contributed by atoms with van der Waals surface area (Å²) in [5, 5.41) is 0. The van der Waals surface area contributed by atoms with E-state index in [1.807, 2.05) is 0 Å². The molecule has 3 rings (SSSR count). The summed E-state index contributed by atoms with van der Waals surface area (Å²) < 4.78 is 51.6. The Bertz CT molecular complexity index is 728. The summed E-state index contributed by atoms with van der Waals surface area (Å²) in [6, 6.07) is 7.83. The van der Waals surface area contributed by atoms with Gasteiger partial charge in [-0.1, -0.05) is 18.2 Å². The number of aliphatic imine (C=N–C) groups is 2. The van der Waals surface area contributed by atoms with Crippen LogP contribution in [0.2, 0.25) is 0 Å². The van der Waals surface area contributed by atoms with Crippen LogP contribution in [0, 0.1) is 0 Å². The van der Waals surface area contributed by atoms with E-state index in [2.05, 4.69) is 14.7 Å². The lowest BCUT2D eigenvalue weighted by molar-refractivity contribution is -0.202. The van der Waals surface area contributed by atoms with E-state index in [1.165, 1.54) is 0 Å². The number of benzene rings is 1. The summed E-state index contributed by atoms with van der Waals surface area (Å²) in [5.41, 5.74) is -3.06. The van der Waals surface area contributed by atoms with Crippen LogP contribution in [-0.4, -0.2) is 54.8 Å². The monoisotopic (exact) mass is 369 g/mol. The maximum Gasteiger partial charge on any atom is 0.446 e. The van der Waals surface area contributed by atoms with Crippen molar-refractivity contribution in [2.24, 2.45) is 9.98 Å². The molecular weight excluding hydrogens is 351 g/mol. The first kappa shape index (κ1) is 18.2. The van der Waals surface area contributed by atoms with Crippen molar-refractivity contribution >= 4 is 17.9 Å². The minimum absolute atomic E-state index is 0.263. The topological polar surface area (TPSA) is 63.5 Å². The third-order valence-corrected chi connectivity index (χ3v) is 4.22. The molecule has 0 aromatic heterocycles. The lowest BCUT2D eigenvalue weighted by atomic mass is 10.1. The van der Waals surface area contributed by atoms with Crippen LogP contribution in [0.25, 0.3) is 0 Å². The van der Waals surface area contributed by atoms with Crippen molar-refractivity contribution in [3.63, 3.8) is 0 Å². The Kier molecular flexibility index (Phi) is 4.88. The van der Waals surface area contributed by atoms with Crippen molar-refractivity contribution in [3.8, 4) is 0 Å². The van der Waals surface area contributed by atoms with E-state index in [0.717, 1.165) is 26.4 Å². The number of rotatable bonds is 2. The van der Waals surface area contributed by atoms with Crippen LogP contribution in [0.4, 0.5) is 13.2 Å². The molecule has 0 amide bonds. The van der Waals surface area contributed by atoms with Gasteiger partial charge in [0.25, 0.3) is 6.02 Å². The maximum absolute atomic E-state index is 13.9. The van der Waals surface area contributed by atoms with E-state index in [4.69, 9.17) is 4.74 Å². The molecule has 0 unspecified atom stereocenters. The van der Waals surface area contributed by atoms with Gasteiger partial charge < -0.3 is 14.4 Å². The van der Waals surface area contributed by atoms with Crippen LogP contribution in [0.5, 0.6) is 0 Å². The van der Waals surface area contributed by atoms with Crippen molar-refractivity contribution in [2.75, 3.05) is 20.2 Å². The Hall–Kier alpha value is -2.58. The zero-order chi connectivity index (χ0) is 18.8. The Labute approximate surface area is 148 Å². The Morgan fingerprint density at radius 2 is 1.81 bits per heavy atom. The SMILES string of the molecule is COC(=O)[C@]1(C(F)(F)F)N=C(c2ccccc2)OC(N2CCCCC2)=N1. The number of carbonyl (C=O) groups excluding carboxylic acids is 1. The van der Waals surface area contributed by atoms with E-state index in [-0.39, 0.29) is 11.9 Å². The summed E-state index contributed by atoms with van der Waals surface area (Å²) >= 11 is 0. The molecule has 2 heterocycles. The number of hydrogen-bond donors (Lipinski definition) is 0. The van der Waals surface area contributed by atoms with Crippen molar-refractivity contribution in [2.45, 2.75) is 31.1 Å². The fourth-order valence-electron chi connectivity index (χ4n) is 2.84. The second-order valence-corrected chi connectivity index (χ2v) is 5.99. The van der Waals surface area contributed by atoms with E-state index >= 15 is 0 Å². The molecule has 2 aliphatic rings. The van der Waals surface area contributed by atoms with Crippen LogP contribution in [0.3, 0.4) is 0 Å². The number of halogens is 3. The largest absolute Gasteiger partial charge is 0.465 e. The van der Waals surface area contributed by atoms with Gasteiger partial charge >= 0.3 is 17.8 Å². The van der Waals surface area contributed by atoms with Gasteiger partial charge in [0.15, 0.2) is 0 Å². The zero-order valence-electron chi connectivity index (χ0n) is 14.1. The van der Waals surface area contributed by atoms with Crippen LogP contribution >= 0.6 is 0 Å². The molecule has 0 N–H and O–H groups in total. The highest BCUT2D eigenvalue weighted by Crippen LogP contribution is 2.39. The molecule has 140 valence electrons. The third kappa shape index (κ3) is 3.25. The number of likely N-dealkylation sites (tertiary alicyclic amines) is 1. The number of methoxy groups -OCH3 is 1. The predicted octanol–water partition coefficient (Wildman–Crippen LogP) is 2.74. The minimum atomic E-state index is -5.08. The molecule has 0 aliphatic carbocycles. The Balaban J connectivity index is 2.12. The number of carbonyl (C=O) groups is 1. The maximum atomic E-state index is 13.9. The molecule has 9 heteroatoms. The summed E-state index contributed by atoms with van der Waals surface area (Å²) in [6.45, 7) is 0.992. The van der Waals surface area contributed by atoms with Gasteiger partial charge in [0.2, 0.25) is 5.90 Å². The molecule has 1 saturated heterocycles. The fraction of sp³-hybridized carbons (Fsp3) is 0.471. The van der Waals surface area contributed by atoms with Gasteiger partial charge in [-0.2, -0.15) is 23.2 Å². The van der Waals surface area contributed by atoms with Gasteiger partial charge in [-0.25, -0.2) is 4.79 Å². The molecule has 1 fully saturated rings. The van der Waals surface area contributed by atoms with E-state index < -0.39 is 17.8 Å². The molecule has 26 heavy (non-hydrogen) atoms. The number of alkyl halides is 3. The quantitative estimate of drug-likeness (QED) is 0.752. The van der Waals surface area contributed by atoms with Gasteiger partial charge in [-0.3, -0.25) is 0 Å². The smallest absolute Gasteiger partial charge is 0.446 e. The minimum Gasteiger partial charge on any atom is -0.465 e. The van der Waals surface area contributed by atoms with Gasteiger partial charge in [-0.05, 0) is 31.4 Å².